The minimum absolute atomic E-state index is 0. The van der Waals surface area contributed by atoms with Crippen LogP contribution in [-0.4, -0.2) is 34.5 Å². The fourth-order valence-corrected chi connectivity index (χ4v) is 7.56. The third kappa shape index (κ3) is 6.60. The first-order chi connectivity index (χ1) is 26.7. The molecule has 278 valence electrons. The maximum absolute atomic E-state index is 13.7. The van der Waals surface area contributed by atoms with Crippen molar-refractivity contribution in [2.75, 3.05) is 0 Å². The van der Waals surface area contributed by atoms with E-state index in [0.29, 0.717) is 40.1 Å². The first-order valence-electron chi connectivity index (χ1n) is 18.6. The van der Waals surface area contributed by atoms with E-state index in [4.69, 9.17) is 25.0 Å². The van der Waals surface area contributed by atoms with Crippen LogP contribution in [0.25, 0.3) is 23.2 Å². The summed E-state index contributed by atoms with van der Waals surface area (Å²) in [5.74, 6) is -1.19. The van der Waals surface area contributed by atoms with Gasteiger partial charge in [0.25, 0.3) is 0 Å². The van der Waals surface area contributed by atoms with E-state index in [1.165, 1.54) is 0 Å². The Bertz CT molecular complexity index is 2680. The van der Waals surface area contributed by atoms with Gasteiger partial charge in [-0.2, -0.15) is 11.0 Å². The predicted molar refractivity (Wildman–Crippen MR) is 217 cm³/mol. The molecule has 9 nitrogen and oxygen atoms in total. The Labute approximate surface area is 344 Å². The quantitative estimate of drug-likeness (QED) is 0.124. The molecule has 0 saturated carbocycles. The fourth-order valence-electron chi connectivity index (χ4n) is 7.56. The molecule has 4 aliphatic rings. The van der Waals surface area contributed by atoms with Crippen LogP contribution in [0.4, 0.5) is 0 Å². The maximum atomic E-state index is 13.7. The van der Waals surface area contributed by atoms with Crippen LogP contribution in [0.3, 0.4) is 0 Å². The van der Waals surface area contributed by atoms with Gasteiger partial charge in [0, 0.05) is 39.4 Å². The number of allylic oxidation sites excluding steroid dienone is 4. The van der Waals surface area contributed by atoms with Gasteiger partial charge in [-0.15, -0.1) is 11.4 Å². The predicted octanol–water partition coefficient (Wildman–Crippen LogP) is 9.18. The Morgan fingerprint density at radius 2 is 1.35 bits per heavy atom. The minimum Gasteiger partial charge on any atom is -0.670 e. The van der Waals surface area contributed by atoms with Crippen LogP contribution in [-0.2, 0) is 35.6 Å². The van der Waals surface area contributed by atoms with Gasteiger partial charge in [0.15, 0.2) is 17.3 Å². The second-order valence-corrected chi connectivity index (χ2v) is 15.6. The summed E-state index contributed by atoms with van der Waals surface area (Å²) in [4.78, 5) is 55.9. The molecule has 1 unspecified atom stereocenters. The van der Waals surface area contributed by atoms with Gasteiger partial charge in [-0.05, 0) is 73.9 Å². The molecule has 0 spiro atoms. The summed E-state index contributed by atoms with van der Waals surface area (Å²) in [6.45, 7) is 14.1. The smallest absolute Gasteiger partial charge is 0.670 e. The number of nitrogens with zero attached hydrogens (tertiary/aromatic N) is 5. The van der Waals surface area contributed by atoms with Crippen LogP contribution < -0.4 is 4.98 Å². The second-order valence-electron chi connectivity index (χ2n) is 15.6. The molecule has 3 aromatic carbocycles. The monoisotopic (exact) mass is 801 g/mol. The van der Waals surface area contributed by atoms with Crippen molar-refractivity contribution in [3.63, 3.8) is 0 Å². The molecule has 0 N–H and O–H groups in total. The zero-order valence-electron chi connectivity index (χ0n) is 33.1. The van der Waals surface area contributed by atoms with Crippen LogP contribution in [0.5, 0.6) is 0 Å². The van der Waals surface area contributed by atoms with E-state index < -0.39 is 11.5 Å². The number of carbonyl (C=O) groups is 3. The molecule has 8 rings (SSSR count). The summed E-state index contributed by atoms with van der Waals surface area (Å²) in [5, 5.41) is 14.6. The first kappa shape index (κ1) is 39.2. The van der Waals surface area contributed by atoms with Crippen molar-refractivity contribution in [2.24, 2.45) is 15.4 Å². The Balaban J connectivity index is 0.00000496. The van der Waals surface area contributed by atoms with Crippen LogP contribution in [0.2, 0.25) is 0 Å². The molecule has 4 aromatic rings. The summed E-state index contributed by atoms with van der Waals surface area (Å²) < 4.78 is 5.72. The molecule has 10 heteroatoms. The van der Waals surface area contributed by atoms with Crippen LogP contribution in [0, 0.1) is 30.6 Å². The number of nitriles is 1. The first-order valence-corrected chi connectivity index (χ1v) is 18.6. The van der Waals surface area contributed by atoms with E-state index in [0.717, 1.165) is 50.6 Å². The van der Waals surface area contributed by atoms with Crippen molar-refractivity contribution in [3.05, 3.63) is 162 Å². The number of hydrogen-bond donors (Lipinski definition) is 0. The van der Waals surface area contributed by atoms with Gasteiger partial charge in [0.1, 0.15) is 6.61 Å². The number of aliphatic imine (C=N–C) groups is 2. The number of aromatic nitrogens is 1. The third-order valence-electron chi connectivity index (χ3n) is 11.8. The van der Waals surface area contributed by atoms with Crippen molar-refractivity contribution in [1.29, 1.82) is 5.26 Å². The van der Waals surface area contributed by atoms with Crippen LogP contribution in [0.1, 0.15) is 112 Å². The van der Waals surface area contributed by atoms with Crippen molar-refractivity contribution in [1.82, 2.24) is 4.98 Å². The normalized spacial score (nSPS) is 21.1. The second kappa shape index (κ2) is 14.5. The average molecular weight is 803 g/mol. The third-order valence-corrected chi connectivity index (χ3v) is 11.8. The Kier molecular flexibility index (Phi) is 9.96. The molecule has 1 aromatic heterocycles. The number of esters is 1. The number of ether oxygens (including phenoxy) is 1. The summed E-state index contributed by atoms with van der Waals surface area (Å²) in [6.07, 6.45) is 6.46. The molecule has 1 aliphatic carbocycles. The number of benzene rings is 3. The summed E-state index contributed by atoms with van der Waals surface area (Å²) in [7, 11) is 0. The molecule has 57 heavy (non-hydrogen) atoms. The van der Waals surface area contributed by atoms with E-state index in [1.54, 1.807) is 36.4 Å². The van der Waals surface area contributed by atoms with Gasteiger partial charge < -0.3 is 15.0 Å². The van der Waals surface area contributed by atoms with E-state index >= 15 is 0 Å². The molecule has 0 radical (unpaired) electrons. The average Bonchev–Trinajstić information content (AvgIpc) is 3.84. The zero-order valence-corrected chi connectivity index (χ0v) is 36.0. The molecule has 1 atom stereocenters. The van der Waals surface area contributed by atoms with Gasteiger partial charge in [-0.1, -0.05) is 105 Å². The SMILES string of the molecule is CC1=C(C)/C(=C/c2[n-]c(/C=C3\N=C(C(=O)OCc4ccccc4)c4cc5c(cc43)C(=O)c3ccccc3C5=O)c(C)c2C)N=C1/C=C1/CC(C)(C)C(C)(C#N)[N-]1.[Zn+2]. The van der Waals surface area contributed by atoms with Crippen molar-refractivity contribution < 1.29 is 38.6 Å². The van der Waals surface area contributed by atoms with E-state index in [9.17, 15) is 19.6 Å². The molecule has 4 heterocycles. The van der Waals surface area contributed by atoms with E-state index in [2.05, 4.69) is 19.9 Å². The standard InChI is InChI=1S/C47H41N5O4.Zn/c1-25-26(2)38(49-37(25)17-30-22-46(5,6)47(7,24-48)52-30)20-39-27(3)28(4)40(50-39)21-41-33-18-35-36(44(54)32-16-12-11-15-31(32)43(35)53)19-34(33)42(51-41)45(55)56-23-29-13-9-8-10-14-29;/h8-21H,22-23H2,1-7H3,(H2,49,50,51,52,53,54,55);/q;+2/p-2. The largest absolute Gasteiger partial charge is 2.00 e. The molecule has 0 bridgehead atoms. The minimum atomic E-state index is -0.799. The fraction of sp³-hybridized carbons (Fsp3) is 0.234. The summed E-state index contributed by atoms with van der Waals surface area (Å²) in [6, 6.07) is 21.8. The van der Waals surface area contributed by atoms with Gasteiger partial charge in [-0.3, -0.25) is 9.59 Å². The maximum Gasteiger partial charge on any atom is 2.00 e. The molecule has 0 amide bonds. The van der Waals surface area contributed by atoms with Crippen LogP contribution in [0.15, 0.2) is 105 Å². The summed E-state index contributed by atoms with van der Waals surface area (Å²) >= 11 is 0. The van der Waals surface area contributed by atoms with Crippen molar-refractivity contribution in [2.45, 2.75) is 67.0 Å². The van der Waals surface area contributed by atoms with Crippen molar-refractivity contribution >= 4 is 46.8 Å². The number of carbonyl (C=O) groups excluding carboxylic acids is 3. The molecular weight excluding hydrogens is 764 g/mol. The topological polar surface area (TPSA) is 137 Å². The Hall–Kier alpha value is -6.04. The van der Waals surface area contributed by atoms with E-state index in [-0.39, 0.29) is 59.9 Å². The van der Waals surface area contributed by atoms with Crippen molar-refractivity contribution in [3.8, 4) is 6.07 Å². The summed E-state index contributed by atoms with van der Waals surface area (Å²) in [5.41, 5.74) is 10.1. The Morgan fingerprint density at radius 1 is 0.772 bits per heavy atom. The molecule has 3 aliphatic heterocycles. The number of hydrogen-bond acceptors (Lipinski definition) is 7. The number of fused-ring (bicyclic) bond motifs is 3. The number of ketones is 2. The Morgan fingerprint density at radius 3 is 1.95 bits per heavy atom. The van der Waals surface area contributed by atoms with Gasteiger partial charge in [0.2, 0.25) is 0 Å². The van der Waals surface area contributed by atoms with E-state index in [1.807, 2.05) is 83.2 Å². The van der Waals surface area contributed by atoms with Crippen LogP contribution >= 0.6 is 0 Å². The number of rotatable bonds is 6. The molecular formula is C47H39N5O4Zn. The van der Waals surface area contributed by atoms with Gasteiger partial charge in [-0.25, -0.2) is 14.8 Å². The van der Waals surface area contributed by atoms with Gasteiger partial charge in [0.05, 0.1) is 17.1 Å². The van der Waals surface area contributed by atoms with Gasteiger partial charge >= 0.3 is 25.4 Å². The molecule has 1 fully saturated rings. The zero-order chi connectivity index (χ0) is 39.7. The molecule has 1 saturated heterocycles.